The minimum Gasteiger partial charge on any atom is -0.477 e. The highest BCUT2D eigenvalue weighted by atomic mass is 32.3. The van der Waals surface area contributed by atoms with Crippen molar-refractivity contribution in [3.63, 3.8) is 0 Å². The number of carbonyl (C=O) groups excluding carboxylic acids is 2. The zero-order chi connectivity index (χ0) is 61.2. The second-order valence-corrected chi connectivity index (χ2v) is 21.3. The molecular weight excluding hydrogens is 1150 g/mol. The maximum atomic E-state index is 13.2. The van der Waals surface area contributed by atoms with Crippen molar-refractivity contribution in [1.82, 2.24) is 10.6 Å². The molecular formula is C43H72N2O36S. The Kier molecular flexibility index (Phi) is 23.6. The van der Waals surface area contributed by atoms with Gasteiger partial charge in [0.2, 0.25) is 11.8 Å². The third-order valence-corrected chi connectivity index (χ3v) is 14.8. The average Bonchev–Trinajstić information content (AvgIpc) is 3.37. The van der Waals surface area contributed by atoms with Crippen LogP contribution >= 0.6 is 0 Å². The Morgan fingerprint density at radius 1 is 0.573 bits per heavy atom. The van der Waals surface area contributed by atoms with E-state index in [0.717, 1.165) is 13.8 Å². The van der Waals surface area contributed by atoms with Gasteiger partial charge < -0.3 is 155 Å². The van der Waals surface area contributed by atoms with Crippen LogP contribution in [0.25, 0.3) is 0 Å². The smallest absolute Gasteiger partial charge is 0.397 e. The van der Waals surface area contributed by atoms with Crippen LogP contribution in [0.15, 0.2) is 0 Å². The molecule has 6 fully saturated rings. The summed E-state index contributed by atoms with van der Waals surface area (Å²) in [5, 5.41) is 199. The number of amides is 2. The normalized spacial score (nSPS) is 46.5. The topological polar surface area (TPSA) is 605 Å². The van der Waals surface area contributed by atoms with Gasteiger partial charge >= 0.3 is 16.4 Å². The van der Waals surface area contributed by atoms with Crippen LogP contribution in [-0.2, 0) is 81.1 Å². The van der Waals surface area contributed by atoms with Crippen molar-refractivity contribution in [1.29, 1.82) is 0 Å². The van der Waals surface area contributed by atoms with Crippen molar-refractivity contribution in [3.05, 3.63) is 0 Å². The van der Waals surface area contributed by atoms with E-state index in [1.54, 1.807) is 0 Å². The lowest BCUT2D eigenvalue weighted by molar-refractivity contribution is -0.399. The number of carboxylic acids is 1. The molecule has 38 nitrogen and oxygen atoms in total. The van der Waals surface area contributed by atoms with E-state index in [0.29, 0.717) is 0 Å². The first-order chi connectivity index (χ1) is 38.3. The zero-order valence-corrected chi connectivity index (χ0v) is 44.2. The summed E-state index contributed by atoms with van der Waals surface area (Å²) in [5.41, 5.74) is 0. The number of aliphatic hydroxyl groups excluding tert-OH is 17. The average molecular weight is 1230 g/mol. The summed E-state index contributed by atoms with van der Waals surface area (Å²) in [6.07, 6.45) is -61.6. The molecule has 6 aliphatic heterocycles. The van der Waals surface area contributed by atoms with Crippen LogP contribution in [0.4, 0.5) is 0 Å². The van der Waals surface area contributed by atoms with Gasteiger partial charge in [-0.1, -0.05) is 0 Å². The Balaban J connectivity index is 1.43. The molecule has 2 amide bonds. The Morgan fingerprint density at radius 2 is 1.07 bits per heavy atom. The van der Waals surface area contributed by atoms with Crippen molar-refractivity contribution in [2.24, 2.45) is 0 Å². The van der Waals surface area contributed by atoms with Crippen molar-refractivity contribution in [3.8, 4) is 0 Å². The molecule has 39 heteroatoms. The van der Waals surface area contributed by atoms with Gasteiger partial charge in [0.1, 0.15) is 134 Å². The molecule has 0 bridgehead atoms. The van der Waals surface area contributed by atoms with Crippen molar-refractivity contribution in [2.45, 2.75) is 217 Å². The van der Waals surface area contributed by atoms with Crippen LogP contribution in [0, 0.1) is 0 Å². The summed E-state index contributed by atoms with van der Waals surface area (Å²) in [6.45, 7) is -3.05. The molecule has 6 rings (SSSR count). The van der Waals surface area contributed by atoms with Crippen LogP contribution in [0.1, 0.15) is 27.2 Å². The summed E-state index contributed by atoms with van der Waals surface area (Å²) in [7, 11) is -5.57. The Labute approximate surface area is 463 Å². The van der Waals surface area contributed by atoms with Gasteiger partial charge in [-0.05, 0) is 6.92 Å². The van der Waals surface area contributed by atoms with E-state index in [1.165, 1.54) is 6.92 Å². The monoisotopic (exact) mass is 1220 g/mol. The third-order valence-electron chi connectivity index (χ3n) is 14.4. The highest BCUT2D eigenvalue weighted by Gasteiger charge is 2.62. The maximum Gasteiger partial charge on any atom is 0.397 e. The fourth-order valence-electron chi connectivity index (χ4n) is 10.1. The second kappa shape index (κ2) is 28.3. The van der Waals surface area contributed by atoms with E-state index in [-0.39, 0.29) is 0 Å². The van der Waals surface area contributed by atoms with E-state index in [9.17, 15) is 119 Å². The van der Waals surface area contributed by atoms with Gasteiger partial charge in [-0.3, -0.25) is 14.1 Å². The van der Waals surface area contributed by atoms with Crippen LogP contribution < -0.4 is 10.6 Å². The van der Waals surface area contributed by atoms with Gasteiger partial charge in [0, 0.05) is 20.3 Å². The molecule has 21 N–H and O–H groups in total. The molecule has 0 aromatic heterocycles. The Morgan fingerprint density at radius 3 is 1.61 bits per heavy atom. The summed E-state index contributed by atoms with van der Waals surface area (Å²) in [5.74, 6) is -7.44. The number of aliphatic carboxylic acids is 1. The molecule has 476 valence electrons. The Bertz CT molecular complexity index is 2210. The van der Waals surface area contributed by atoms with Gasteiger partial charge in [-0.2, -0.15) is 8.42 Å². The van der Waals surface area contributed by atoms with Crippen molar-refractivity contribution in [2.75, 3.05) is 33.0 Å². The van der Waals surface area contributed by atoms with E-state index in [1.807, 2.05) is 0 Å². The summed E-state index contributed by atoms with van der Waals surface area (Å²) >= 11 is 0. The first-order valence-corrected chi connectivity index (χ1v) is 26.6. The van der Waals surface area contributed by atoms with Crippen LogP contribution in [0.2, 0.25) is 0 Å². The molecule has 0 saturated carbocycles. The molecule has 6 aliphatic rings. The number of hydrogen-bond donors (Lipinski definition) is 21. The number of rotatable bonds is 22. The lowest BCUT2D eigenvalue weighted by atomic mass is 9.88. The summed E-state index contributed by atoms with van der Waals surface area (Å²) in [4.78, 5) is 38.6. The highest BCUT2D eigenvalue weighted by molar-refractivity contribution is 7.80. The van der Waals surface area contributed by atoms with Gasteiger partial charge in [0.15, 0.2) is 31.5 Å². The van der Waals surface area contributed by atoms with Crippen molar-refractivity contribution < 1.29 is 176 Å². The molecule has 6 saturated heterocycles. The van der Waals surface area contributed by atoms with Gasteiger partial charge in [0.05, 0.1) is 51.3 Å². The van der Waals surface area contributed by atoms with Gasteiger partial charge in [0.25, 0.3) is 5.79 Å². The zero-order valence-electron chi connectivity index (χ0n) is 43.4. The van der Waals surface area contributed by atoms with E-state index < -0.39 is 257 Å². The summed E-state index contributed by atoms with van der Waals surface area (Å²) < 4.78 is 102. The highest BCUT2D eigenvalue weighted by Crippen LogP contribution is 2.41. The largest absolute Gasteiger partial charge is 0.477 e. The summed E-state index contributed by atoms with van der Waals surface area (Å²) in [6, 6.07) is -3.87. The van der Waals surface area contributed by atoms with Crippen LogP contribution in [0.5, 0.6) is 0 Å². The fraction of sp³-hybridized carbons (Fsp3) is 0.930. The number of aliphatic hydroxyl groups is 17. The molecule has 0 aromatic carbocycles. The molecule has 0 aliphatic carbocycles. The predicted molar refractivity (Wildman–Crippen MR) is 249 cm³/mol. The molecule has 0 radical (unpaired) electrons. The van der Waals surface area contributed by atoms with Gasteiger partial charge in [-0.15, -0.1) is 0 Å². The quantitative estimate of drug-likeness (QED) is 0.0448. The lowest BCUT2D eigenvalue weighted by Crippen LogP contribution is -2.72. The number of ether oxygens (including phenoxy) is 11. The molecule has 6 heterocycles. The number of carboxylic acid groups (broad SMARTS) is 1. The fourth-order valence-corrected chi connectivity index (χ4v) is 10.4. The Hall–Kier alpha value is -2.84. The number of hydrogen-bond acceptors (Lipinski definition) is 34. The second-order valence-electron chi connectivity index (χ2n) is 20.2. The molecule has 0 spiro atoms. The molecule has 82 heavy (non-hydrogen) atoms. The van der Waals surface area contributed by atoms with Crippen LogP contribution in [-0.4, -0.2) is 345 Å². The first kappa shape index (κ1) is 68.3. The lowest BCUT2D eigenvalue weighted by Gasteiger charge is -2.52. The minimum absolute atomic E-state index is 0.869. The predicted octanol–water partition coefficient (Wildman–Crippen LogP) is -13.8. The molecule has 0 unspecified atom stereocenters. The number of carbonyl (C=O) groups is 3. The van der Waals surface area contributed by atoms with Crippen molar-refractivity contribution >= 4 is 28.2 Å². The number of nitrogens with one attached hydrogen (secondary N) is 2. The van der Waals surface area contributed by atoms with E-state index in [2.05, 4.69) is 14.8 Å². The first-order valence-electron chi connectivity index (χ1n) is 25.3. The molecule has 0 aromatic rings. The van der Waals surface area contributed by atoms with E-state index in [4.69, 9.17) is 52.1 Å². The standard InChI is InChI=1S/C43H72N2O36S/c1-10-21(54)25(58)28(61)39(71-10)78-34-20(45-12(3)51)38(79-35-23(56)15(6-47)73-40(29(35)62)76-31-17(8-49)72-37(64)27(60)26(31)59)75-18(9-70-82(67,68)69)32(34)77-41-30(63)36(24(57)16(7-48)74-41)81-43(42(65)66)4-13(52)19(44-11(2)50)33(80-43)22(55)14(53)5-46/h10,13-41,46-49,52-64H,4-9H2,1-3H3,(H,44,50)(H,45,51)(H,65,66)(H,67,68,69)/t10-,13-,14+,15+,16+,17+,18+,19+,20+,21+,22+,23-,24-,25+,26+,27+,28-,29+,30+,31+,32+,33+,34+,35-,36-,37+,38-,39-,40-,41-,43-/m0/s1. The van der Waals surface area contributed by atoms with Gasteiger partial charge in [-0.25, -0.2) is 8.98 Å². The maximum absolute atomic E-state index is 13.2. The third kappa shape index (κ3) is 15.1. The van der Waals surface area contributed by atoms with Crippen LogP contribution in [0.3, 0.4) is 0 Å². The van der Waals surface area contributed by atoms with E-state index >= 15 is 0 Å². The SMILES string of the molecule is CC(=O)N[C@H]1[C@H](O[C@H]2[C@@H](O)[C@@H](CO)O[C@@H](O[C@H]3[C@H](O)[C@@H](O)[C@H](O)O[C@@H]3CO)[C@@H]2O)O[C@H](COS(=O)(=O)O)[C@@H](O[C@@H]2O[C@H](CO)[C@H](O)[C@H](O[C@]3(C(=O)O)C[C@H](O)[C@@H](NC(C)=O)[C@H]([C@H](O)[C@H](O)CO)O3)[C@H]2O)[C@@H]1O[C@@H]1O[C@@H](C)[C@@H](O)[C@@H](O)[C@@H]1O. The minimum atomic E-state index is -5.57. The molecule has 31 atom stereocenters.